The van der Waals surface area contributed by atoms with Crippen LogP contribution in [0.4, 0.5) is 0 Å². The highest BCUT2D eigenvalue weighted by Crippen LogP contribution is 2.30. The predicted molar refractivity (Wildman–Crippen MR) is 152 cm³/mol. The minimum absolute atomic E-state index is 0.152. The van der Waals surface area contributed by atoms with E-state index in [-0.39, 0.29) is 11.7 Å². The Morgan fingerprint density at radius 3 is 2.71 bits per heavy atom. The van der Waals surface area contributed by atoms with Crippen molar-refractivity contribution < 1.29 is 19.4 Å². The lowest BCUT2D eigenvalue weighted by Gasteiger charge is -2.32. The van der Waals surface area contributed by atoms with E-state index < -0.39 is 5.97 Å². The third-order valence-electron chi connectivity index (χ3n) is 8.27. The number of piperidine rings is 1. The molecule has 41 heavy (non-hydrogen) atoms. The molecule has 6 heterocycles. The van der Waals surface area contributed by atoms with Crippen molar-refractivity contribution in [3.05, 3.63) is 89.6 Å². The van der Waals surface area contributed by atoms with Crippen LogP contribution in [0.25, 0.3) is 16.6 Å². The van der Waals surface area contributed by atoms with Gasteiger partial charge in [-0.25, -0.2) is 19.3 Å². The summed E-state index contributed by atoms with van der Waals surface area (Å²) in [5.74, 6) is 1.03. The van der Waals surface area contributed by atoms with Gasteiger partial charge in [0, 0.05) is 42.2 Å². The number of ether oxygens (including phenoxy) is 2. The fourth-order valence-electron chi connectivity index (χ4n) is 5.87. The van der Waals surface area contributed by atoms with Gasteiger partial charge in [-0.3, -0.25) is 4.90 Å². The number of carboxylic acid groups (broad SMARTS) is 1. The van der Waals surface area contributed by atoms with Crippen LogP contribution in [0, 0.1) is 0 Å². The topological polar surface area (TPSA) is 107 Å². The summed E-state index contributed by atoms with van der Waals surface area (Å²) in [6.07, 6.45) is 6.88. The Labute approximate surface area is 237 Å². The van der Waals surface area contributed by atoms with Crippen LogP contribution in [-0.4, -0.2) is 65.9 Å². The van der Waals surface area contributed by atoms with Crippen LogP contribution in [0.15, 0.2) is 67.0 Å². The molecule has 4 aromatic heterocycles. The van der Waals surface area contributed by atoms with Crippen LogP contribution in [0.1, 0.15) is 52.6 Å². The second-order valence-corrected chi connectivity index (χ2v) is 10.9. The summed E-state index contributed by atoms with van der Waals surface area (Å²) in [4.78, 5) is 23.8. The highest BCUT2D eigenvalue weighted by Gasteiger charge is 2.26. The molecule has 0 bridgehead atoms. The fraction of sp³-hybridized carbons (Fsp3) is 0.355. The molecular weight excluding hydrogens is 520 g/mol. The largest absolute Gasteiger partial charge is 0.478 e. The van der Waals surface area contributed by atoms with Gasteiger partial charge in [0.15, 0.2) is 0 Å². The maximum Gasteiger partial charge on any atom is 0.335 e. The van der Waals surface area contributed by atoms with Gasteiger partial charge in [-0.2, -0.15) is 5.10 Å². The molecule has 2 aliphatic heterocycles. The van der Waals surface area contributed by atoms with Gasteiger partial charge in [-0.05, 0) is 68.8 Å². The zero-order valence-electron chi connectivity index (χ0n) is 22.7. The summed E-state index contributed by atoms with van der Waals surface area (Å²) < 4.78 is 15.8. The van der Waals surface area contributed by atoms with E-state index in [9.17, 15) is 9.90 Å². The molecule has 1 atom stereocenters. The van der Waals surface area contributed by atoms with Gasteiger partial charge >= 0.3 is 5.97 Å². The SMILES string of the molecule is O=C(O)c1ccc2nc(CN3CCC(c4cccc(OCc5cccn6nccc56)n4)CC3)n(C[C@@H]3CCO3)c2c1. The Bertz CT molecular complexity index is 1700. The number of fused-ring (bicyclic) bond motifs is 2. The number of hydrogen-bond acceptors (Lipinski definition) is 7. The normalized spacial score (nSPS) is 18.1. The number of aromatic nitrogens is 5. The first-order valence-electron chi connectivity index (χ1n) is 14.2. The van der Waals surface area contributed by atoms with Crippen molar-refractivity contribution in [2.75, 3.05) is 19.7 Å². The van der Waals surface area contributed by atoms with Crippen molar-refractivity contribution in [3.8, 4) is 5.88 Å². The lowest BCUT2D eigenvalue weighted by molar-refractivity contribution is -0.0592. The summed E-state index contributed by atoms with van der Waals surface area (Å²) in [5.41, 5.74) is 5.13. The molecular formula is C31H32N6O4. The van der Waals surface area contributed by atoms with Crippen molar-refractivity contribution in [2.45, 2.75) is 51.0 Å². The van der Waals surface area contributed by atoms with Crippen molar-refractivity contribution in [2.24, 2.45) is 0 Å². The molecule has 0 spiro atoms. The van der Waals surface area contributed by atoms with Crippen LogP contribution in [0.3, 0.4) is 0 Å². The summed E-state index contributed by atoms with van der Waals surface area (Å²) in [6.45, 7) is 4.49. The van der Waals surface area contributed by atoms with Crippen LogP contribution in [-0.2, 0) is 24.4 Å². The molecule has 2 aliphatic rings. The van der Waals surface area contributed by atoms with E-state index in [0.29, 0.717) is 31.5 Å². The zero-order valence-corrected chi connectivity index (χ0v) is 22.7. The summed E-state index contributed by atoms with van der Waals surface area (Å²) in [6, 6.07) is 17.2. The summed E-state index contributed by atoms with van der Waals surface area (Å²) >= 11 is 0. The smallest absolute Gasteiger partial charge is 0.335 e. The monoisotopic (exact) mass is 552 g/mol. The number of aromatic carboxylic acids is 1. The molecule has 7 rings (SSSR count). The zero-order chi connectivity index (χ0) is 27.8. The molecule has 10 nitrogen and oxygen atoms in total. The first-order chi connectivity index (χ1) is 20.1. The molecule has 2 fully saturated rings. The number of carbonyl (C=O) groups is 1. The summed E-state index contributed by atoms with van der Waals surface area (Å²) in [7, 11) is 0. The molecule has 0 aliphatic carbocycles. The van der Waals surface area contributed by atoms with E-state index in [4.69, 9.17) is 19.4 Å². The second kappa shape index (κ2) is 10.9. The Morgan fingerprint density at radius 2 is 1.90 bits per heavy atom. The van der Waals surface area contributed by atoms with E-state index in [2.05, 4.69) is 26.7 Å². The van der Waals surface area contributed by atoms with E-state index in [1.165, 1.54) is 0 Å². The average Bonchev–Trinajstić information content (AvgIpc) is 3.59. The predicted octanol–water partition coefficient (Wildman–Crippen LogP) is 4.52. The first-order valence-corrected chi connectivity index (χ1v) is 14.2. The fourth-order valence-corrected chi connectivity index (χ4v) is 5.87. The van der Waals surface area contributed by atoms with Crippen LogP contribution in [0.5, 0.6) is 5.88 Å². The van der Waals surface area contributed by atoms with Gasteiger partial charge < -0.3 is 19.1 Å². The van der Waals surface area contributed by atoms with Crippen LogP contribution < -0.4 is 4.74 Å². The lowest BCUT2D eigenvalue weighted by atomic mass is 9.93. The number of benzene rings is 1. The lowest BCUT2D eigenvalue weighted by Crippen LogP contribution is -2.35. The third-order valence-corrected chi connectivity index (χ3v) is 8.27. The number of pyridine rings is 2. The molecule has 0 unspecified atom stereocenters. The molecule has 0 amide bonds. The van der Waals surface area contributed by atoms with Gasteiger partial charge in [0.05, 0.1) is 41.3 Å². The number of hydrogen-bond donors (Lipinski definition) is 1. The van der Waals surface area contributed by atoms with Crippen molar-refractivity contribution in [1.82, 2.24) is 29.0 Å². The first kappa shape index (κ1) is 25.7. The summed E-state index contributed by atoms with van der Waals surface area (Å²) in [5, 5.41) is 13.8. The molecule has 2 saturated heterocycles. The molecule has 1 aromatic carbocycles. The molecule has 210 valence electrons. The Hall–Kier alpha value is -4.28. The maximum atomic E-state index is 11.6. The number of rotatable bonds is 9. The minimum atomic E-state index is -0.929. The number of carboxylic acids is 1. The average molecular weight is 553 g/mol. The molecule has 10 heteroatoms. The van der Waals surface area contributed by atoms with Gasteiger partial charge in [0.2, 0.25) is 5.88 Å². The third kappa shape index (κ3) is 5.28. The molecule has 0 saturated carbocycles. The van der Waals surface area contributed by atoms with E-state index in [1.54, 1.807) is 18.3 Å². The highest BCUT2D eigenvalue weighted by molar-refractivity contribution is 5.92. The van der Waals surface area contributed by atoms with Gasteiger partial charge in [-0.15, -0.1) is 0 Å². The van der Waals surface area contributed by atoms with Crippen molar-refractivity contribution in [1.29, 1.82) is 0 Å². The highest BCUT2D eigenvalue weighted by atomic mass is 16.5. The quantitative estimate of drug-likeness (QED) is 0.284. The van der Waals surface area contributed by atoms with Crippen LogP contribution >= 0.6 is 0 Å². The number of nitrogens with zero attached hydrogens (tertiary/aromatic N) is 6. The van der Waals surface area contributed by atoms with E-state index in [1.807, 2.05) is 41.0 Å². The molecule has 1 N–H and O–H groups in total. The van der Waals surface area contributed by atoms with Gasteiger partial charge in [0.25, 0.3) is 0 Å². The van der Waals surface area contributed by atoms with Crippen molar-refractivity contribution >= 4 is 22.5 Å². The Balaban J connectivity index is 1.01. The Morgan fingerprint density at radius 1 is 1.02 bits per heavy atom. The standard InChI is InChI=1S/C31H32N6O4/c38-31(39)22-6-7-26-28(17-22)36(18-24-11-16-40-24)29(33-26)19-35-14-9-21(10-15-35)25-4-1-5-30(34-25)41-20-23-3-2-13-37-27(23)8-12-32-37/h1-8,12-13,17,21,24H,9-11,14-16,18-20H2,(H,38,39)/t24-/m0/s1. The van der Waals surface area contributed by atoms with Crippen LogP contribution in [0.2, 0.25) is 0 Å². The Kier molecular flexibility index (Phi) is 6.85. The number of likely N-dealkylation sites (tertiary alicyclic amines) is 1. The maximum absolute atomic E-state index is 11.6. The van der Waals surface area contributed by atoms with E-state index >= 15 is 0 Å². The van der Waals surface area contributed by atoms with Crippen molar-refractivity contribution in [3.63, 3.8) is 0 Å². The van der Waals surface area contributed by atoms with Gasteiger partial charge in [0.1, 0.15) is 12.4 Å². The molecule has 0 radical (unpaired) electrons. The van der Waals surface area contributed by atoms with Gasteiger partial charge in [-0.1, -0.05) is 12.1 Å². The minimum Gasteiger partial charge on any atom is -0.478 e. The molecule has 5 aromatic rings. The number of imidazole rings is 1. The van der Waals surface area contributed by atoms with E-state index in [0.717, 1.165) is 72.6 Å². The second-order valence-electron chi connectivity index (χ2n) is 10.9.